The van der Waals surface area contributed by atoms with E-state index < -0.39 is 0 Å². The Morgan fingerprint density at radius 3 is 2.33 bits per heavy atom. The van der Waals surface area contributed by atoms with Crippen LogP contribution in [0.3, 0.4) is 0 Å². The number of likely N-dealkylation sites (tertiary alicyclic amines) is 1. The number of rotatable bonds is 3. The molecule has 4 rings (SSSR count). The van der Waals surface area contributed by atoms with Gasteiger partial charge in [-0.2, -0.15) is 4.99 Å². The molecule has 2 saturated heterocycles. The molecule has 27 heavy (non-hydrogen) atoms. The maximum absolute atomic E-state index is 5.51. The molecule has 0 N–H and O–H groups in total. The van der Waals surface area contributed by atoms with Gasteiger partial charge in [0.1, 0.15) is 5.84 Å². The molecule has 0 radical (unpaired) electrons. The van der Waals surface area contributed by atoms with Crippen LogP contribution in [0.1, 0.15) is 18.4 Å². The third-order valence-corrected chi connectivity index (χ3v) is 4.92. The Hall–Kier alpha value is -2.66. The molecule has 2 heterocycles. The third kappa shape index (κ3) is 4.74. The van der Waals surface area contributed by atoms with Gasteiger partial charge in [-0.3, -0.25) is 0 Å². The van der Waals surface area contributed by atoms with E-state index in [0.29, 0.717) is 0 Å². The zero-order valence-electron chi connectivity index (χ0n) is 15.6. The topological polar surface area (TPSA) is 40.4 Å². The molecule has 0 unspecified atom stereocenters. The third-order valence-electron chi connectivity index (χ3n) is 4.92. The average Bonchev–Trinajstić information content (AvgIpc) is 3.16. The lowest BCUT2D eigenvalue weighted by atomic mass is 10.2. The minimum absolute atomic E-state index is 0.729. The van der Waals surface area contributed by atoms with Crippen LogP contribution in [-0.4, -0.2) is 54.4 Å². The number of hydrogen-bond acceptors (Lipinski definition) is 2. The van der Waals surface area contributed by atoms with Gasteiger partial charge in [0.2, 0.25) is 5.96 Å². The van der Waals surface area contributed by atoms with E-state index in [0.717, 1.165) is 69.7 Å². The molecule has 0 aromatic heterocycles. The Labute approximate surface area is 161 Å². The fourth-order valence-electron chi connectivity index (χ4n) is 3.48. The molecular weight excluding hydrogens is 336 g/mol. The molecule has 2 aliphatic rings. The standard InChI is InChI=1S/C22H26N4O/c1-3-8-19(9-4-1)18-26-13-7-12-21(26)24-22(25-14-16-27-17-15-25)23-20-10-5-2-6-11-20/h1-6,8-11H,7,12-18H2/b23-22?,24-21-. The van der Waals surface area contributed by atoms with Crippen molar-refractivity contribution in [3.63, 3.8) is 0 Å². The molecule has 5 nitrogen and oxygen atoms in total. The number of aliphatic imine (C=N–C) groups is 2. The monoisotopic (exact) mass is 362 g/mol. The lowest BCUT2D eigenvalue weighted by Gasteiger charge is -2.28. The molecule has 0 amide bonds. The minimum atomic E-state index is 0.729. The number of nitrogens with zero attached hydrogens (tertiary/aromatic N) is 4. The van der Waals surface area contributed by atoms with Crippen molar-refractivity contribution in [2.45, 2.75) is 19.4 Å². The summed E-state index contributed by atoms with van der Waals surface area (Å²) < 4.78 is 5.51. The number of benzene rings is 2. The number of hydrogen-bond donors (Lipinski definition) is 0. The molecule has 2 aliphatic heterocycles. The van der Waals surface area contributed by atoms with Crippen LogP contribution in [0.25, 0.3) is 0 Å². The Balaban J connectivity index is 1.59. The average molecular weight is 362 g/mol. The molecule has 140 valence electrons. The summed E-state index contributed by atoms with van der Waals surface area (Å²) in [7, 11) is 0. The lowest BCUT2D eigenvalue weighted by Crippen LogP contribution is -2.41. The molecule has 0 aliphatic carbocycles. The van der Waals surface area contributed by atoms with E-state index >= 15 is 0 Å². The largest absolute Gasteiger partial charge is 0.378 e. The van der Waals surface area contributed by atoms with Gasteiger partial charge in [-0.15, -0.1) is 0 Å². The summed E-state index contributed by atoms with van der Waals surface area (Å²) in [6, 6.07) is 20.7. The van der Waals surface area contributed by atoms with Crippen molar-refractivity contribution in [2.24, 2.45) is 9.98 Å². The van der Waals surface area contributed by atoms with E-state index in [4.69, 9.17) is 14.7 Å². The zero-order valence-corrected chi connectivity index (χ0v) is 15.6. The fourth-order valence-corrected chi connectivity index (χ4v) is 3.48. The van der Waals surface area contributed by atoms with Crippen LogP contribution in [0.4, 0.5) is 5.69 Å². The smallest absolute Gasteiger partial charge is 0.227 e. The van der Waals surface area contributed by atoms with Crippen LogP contribution in [0.15, 0.2) is 70.6 Å². The Morgan fingerprint density at radius 2 is 1.59 bits per heavy atom. The lowest BCUT2D eigenvalue weighted by molar-refractivity contribution is 0.0676. The normalized spacial score (nSPS) is 19.7. The highest BCUT2D eigenvalue weighted by Gasteiger charge is 2.22. The van der Waals surface area contributed by atoms with E-state index in [9.17, 15) is 0 Å². The molecule has 0 atom stereocenters. The molecule has 0 spiro atoms. The second kappa shape index (κ2) is 8.82. The molecule has 2 aromatic carbocycles. The molecular formula is C22H26N4O. The Morgan fingerprint density at radius 1 is 0.889 bits per heavy atom. The molecule has 0 saturated carbocycles. The molecule has 5 heteroatoms. The summed E-state index contributed by atoms with van der Waals surface area (Å²) in [5.41, 5.74) is 2.26. The highest BCUT2D eigenvalue weighted by molar-refractivity contribution is 5.97. The van der Waals surface area contributed by atoms with Crippen molar-refractivity contribution in [3.8, 4) is 0 Å². The van der Waals surface area contributed by atoms with E-state index in [1.165, 1.54) is 5.56 Å². The van der Waals surface area contributed by atoms with Gasteiger partial charge in [0.05, 0.1) is 18.9 Å². The number of amidine groups is 1. The maximum atomic E-state index is 5.51. The first kappa shape index (κ1) is 17.7. The van der Waals surface area contributed by atoms with Crippen LogP contribution >= 0.6 is 0 Å². The first-order chi connectivity index (χ1) is 13.4. The summed E-state index contributed by atoms with van der Waals surface area (Å²) in [5, 5.41) is 0. The van der Waals surface area contributed by atoms with Crippen LogP contribution in [-0.2, 0) is 11.3 Å². The van der Waals surface area contributed by atoms with E-state index in [1.807, 2.05) is 30.3 Å². The summed E-state index contributed by atoms with van der Waals surface area (Å²) >= 11 is 0. The number of morpholine rings is 1. The Bertz CT molecular complexity index is 782. The first-order valence-electron chi connectivity index (χ1n) is 9.71. The van der Waals surface area contributed by atoms with Gasteiger partial charge < -0.3 is 14.5 Å². The van der Waals surface area contributed by atoms with Crippen molar-refractivity contribution in [2.75, 3.05) is 32.8 Å². The van der Waals surface area contributed by atoms with Gasteiger partial charge in [0.15, 0.2) is 0 Å². The summed E-state index contributed by atoms with van der Waals surface area (Å²) in [6.45, 7) is 5.08. The van der Waals surface area contributed by atoms with Gasteiger partial charge >= 0.3 is 0 Å². The van der Waals surface area contributed by atoms with Gasteiger partial charge in [-0.05, 0) is 24.1 Å². The fraction of sp³-hybridized carbons (Fsp3) is 0.364. The highest BCUT2D eigenvalue weighted by atomic mass is 16.5. The van der Waals surface area contributed by atoms with Gasteiger partial charge in [-0.25, -0.2) is 4.99 Å². The van der Waals surface area contributed by atoms with E-state index in [1.54, 1.807) is 0 Å². The summed E-state index contributed by atoms with van der Waals surface area (Å²) in [6.07, 6.45) is 2.15. The van der Waals surface area contributed by atoms with Crippen LogP contribution < -0.4 is 0 Å². The predicted octanol–water partition coefficient (Wildman–Crippen LogP) is 3.70. The predicted molar refractivity (Wildman–Crippen MR) is 109 cm³/mol. The van der Waals surface area contributed by atoms with Gasteiger partial charge in [-0.1, -0.05) is 48.5 Å². The minimum Gasteiger partial charge on any atom is -0.378 e. The van der Waals surface area contributed by atoms with Crippen LogP contribution in [0.2, 0.25) is 0 Å². The summed E-state index contributed by atoms with van der Waals surface area (Å²) in [4.78, 5) is 14.5. The van der Waals surface area contributed by atoms with Crippen molar-refractivity contribution >= 4 is 17.5 Å². The van der Waals surface area contributed by atoms with Crippen LogP contribution in [0, 0.1) is 0 Å². The molecule has 0 bridgehead atoms. The van der Waals surface area contributed by atoms with Crippen molar-refractivity contribution in [1.29, 1.82) is 0 Å². The van der Waals surface area contributed by atoms with E-state index in [-0.39, 0.29) is 0 Å². The van der Waals surface area contributed by atoms with Crippen molar-refractivity contribution in [1.82, 2.24) is 9.80 Å². The number of para-hydroxylation sites is 1. The highest BCUT2D eigenvalue weighted by Crippen LogP contribution is 2.18. The second-order valence-electron chi connectivity index (χ2n) is 6.89. The van der Waals surface area contributed by atoms with Gasteiger partial charge in [0.25, 0.3) is 0 Å². The molecule has 2 aromatic rings. The van der Waals surface area contributed by atoms with Gasteiger partial charge in [0, 0.05) is 32.6 Å². The quantitative estimate of drug-likeness (QED) is 0.617. The summed E-state index contributed by atoms with van der Waals surface area (Å²) in [5.74, 6) is 1.94. The first-order valence-corrected chi connectivity index (χ1v) is 9.71. The zero-order chi connectivity index (χ0) is 18.3. The van der Waals surface area contributed by atoms with E-state index in [2.05, 4.69) is 40.1 Å². The number of ether oxygens (including phenoxy) is 1. The second-order valence-corrected chi connectivity index (χ2v) is 6.89. The molecule has 2 fully saturated rings. The Kier molecular flexibility index (Phi) is 5.80. The SMILES string of the molecule is c1ccc(CN2CCC/C2=N/C(=Nc2ccccc2)N2CCOCC2)cc1. The van der Waals surface area contributed by atoms with Crippen LogP contribution in [0.5, 0.6) is 0 Å². The maximum Gasteiger partial charge on any atom is 0.227 e. The van der Waals surface area contributed by atoms with Crippen molar-refractivity contribution < 1.29 is 4.74 Å². The van der Waals surface area contributed by atoms with Crippen molar-refractivity contribution in [3.05, 3.63) is 66.2 Å². The number of guanidine groups is 1.